The molecule has 0 spiro atoms. The van der Waals surface area contributed by atoms with Crippen molar-refractivity contribution in [3.8, 4) is 0 Å². The lowest BCUT2D eigenvalue weighted by Gasteiger charge is -2.33. The minimum absolute atomic E-state index is 0.0864. The van der Waals surface area contributed by atoms with Crippen molar-refractivity contribution in [2.75, 3.05) is 51.1 Å². The number of hydrogen-bond acceptors (Lipinski definition) is 6. The second kappa shape index (κ2) is 9.99. The Bertz CT molecular complexity index is 924. The summed E-state index contributed by atoms with van der Waals surface area (Å²) in [6.07, 6.45) is 1.51. The first kappa shape index (κ1) is 22.7. The van der Waals surface area contributed by atoms with E-state index in [9.17, 15) is 18.0 Å². The highest BCUT2D eigenvalue weighted by Gasteiger charge is 2.27. The molecule has 32 heavy (non-hydrogen) atoms. The summed E-state index contributed by atoms with van der Waals surface area (Å²) >= 11 is 0. The summed E-state index contributed by atoms with van der Waals surface area (Å²) in [6.45, 7) is 5.35. The molecule has 174 valence electrons. The highest BCUT2D eigenvalue weighted by Crippen LogP contribution is 2.21. The van der Waals surface area contributed by atoms with Gasteiger partial charge >= 0.3 is 6.18 Å². The van der Waals surface area contributed by atoms with E-state index in [1.165, 1.54) is 38.2 Å². The number of nitrogens with zero attached hydrogens (tertiary/aromatic N) is 4. The predicted octanol–water partition coefficient (Wildman–Crippen LogP) is 2.89. The van der Waals surface area contributed by atoms with Gasteiger partial charge < -0.3 is 20.4 Å². The number of carbonyl (C=O) groups is 1. The highest BCUT2D eigenvalue weighted by molar-refractivity contribution is 6.04. The van der Waals surface area contributed by atoms with Crippen molar-refractivity contribution >= 4 is 22.6 Å². The lowest BCUT2D eigenvalue weighted by Crippen LogP contribution is -2.46. The fraction of sp³-hybridized carbons (Fsp3) is 0.591. The van der Waals surface area contributed by atoms with Gasteiger partial charge in [-0.2, -0.15) is 13.2 Å². The van der Waals surface area contributed by atoms with Crippen LogP contribution in [0.15, 0.2) is 24.4 Å². The van der Waals surface area contributed by atoms with Gasteiger partial charge in [0.25, 0.3) is 5.91 Å². The van der Waals surface area contributed by atoms with Crippen LogP contribution in [0.25, 0.3) is 10.9 Å². The van der Waals surface area contributed by atoms with E-state index in [0.717, 1.165) is 39.0 Å². The van der Waals surface area contributed by atoms with Crippen LogP contribution in [-0.4, -0.2) is 83.7 Å². The topological polar surface area (TPSA) is 73.4 Å². The molecule has 7 nitrogen and oxygen atoms in total. The maximum atomic E-state index is 12.9. The van der Waals surface area contributed by atoms with Crippen LogP contribution < -0.4 is 10.6 Å². The first-order valence-corrected chi connectivity index (χ1v) is 11.2. The second-order valence-electron chi connectivity index (χ2n) is 8.53. The molecule has 2 fully saturated rings. The van der Waals surface area contributed by atoms with Gasteiger partial charge in [-0.25, -0.2) is 4.98 Å². The summed E-state index contributed by atoms with van der Waals surface area (Å²) in [5.41, 5.74) is 0.669. The van der Waals surface area contributed by atoms with Crippen molar-refractivity contribution in [2.24, 2.45) is 0 Å². The summed E-state index contributed by atoms with van der Waals surface area (Å²) in [6, 6.07) is 4.70. The largest absolute Gasteiger partial charge is 0.405 e. The number of carbonyl (C=O) groups excluding carboxylic acids is 1. The molecule has 0 aliphatic carbocycles. The van der Waals surface area contributed by atoms with Crippen molar-refractivity contribution in [1.29, 1.82) is 0 Å². The van der Waals surface area contributed by atoms with Crippen LogP contribution in [0.2, 0.25) is 0 Å². The Kier molecular flexibility index (Phi) is 7.10. The van der Waals surface area contributed by atoms with Gasteiger partial charge in [0.05, 0.1) is 5.52 Å². The summed E-state index contributed by atoms with van der Waals surface area (Å²) in [5, 5.41) is 5.85. The van der Waals surface area contributed by atoms with Gasteiger partial charge in [-0.15, -0.1) is 0 Å². The number of likely N-dealkylation sites (tertiary alicyclic amines) is 2. The Morgan fingerprint density at radius 1 is 1.03 bits per heavy atom. The van der Waals surface area contributed by atoms with E-state index in [4.69, 9.17) is 0 Å². The van der Waals surface area contributed by atoms with E-state index in [2.05, 4.69) is 30.4 Å². The standard InChI is InChI=1S/C22H29F3N6O/c23-22(24,25)15-27-19-4-3-17-18(29-19)5-8-26-20(17)21(32)28-16-6-11-31(12-7-16)14-13-30-9-1-2-10-30/h3-5,8,16H,1-2,6-7,9-15H2,(H,27,29)(H,28,32). The van der Waals surface area contributed by atoms with Crippen LogP contribution >= 0.6 is 0 Å². The number of pyridine rings is 2. The van der Waals surface area contributed by atoms with Crippen LogP contribution in [-0.2, 0) is 0 Å². The molecular weight excluding hydrogens is 421 g/mol. The summed E-state index contributed by atoms with van der Waals surface area (Å²) in [5.74, 6) is -0.169. The lowest BCUT2D eigenvalue weighted by molar-refractivity contribution is -0.115. The van der Waals surface area contributed by atoms with E-state index in [1.54, 1.807) is 12.1 Å². The molecule has 0 radical (unpaired) electrons. The summed E-state index contributed by atoms with van der Waals surface area (Å²) in [7, 11) is 0. The monoisotopic (exact) mass is 450 g/mol. The third-order valence-electron chi connectivity index (χ3n) is 6.15. The Morgan fingerprint density at radius 2 is 1.72 bits per heavy atom. The van der Waals surface area contributed by atoms with Gasteiger partial charge in [0.15, 0.2) is 0 Å². The maximum Gasteiger partial charge on any atom is 0.405 e. The van der Waals surface area contributed by atoms with Crippen LogP contribution in [0.1, 0.15) is 36.2 Å². The van der Waals surface area contributed by atoms with Crippen molar-refractivity contribution in [1.82, 2.24) is 25.1 Å². The molecule has 0 bridgehead atoms. The second-order valence-corrected chi connectivity index (χ2v) is 8.53. The number of aromatic nitrogens is 2. The zero-order valence-electron chi connectivity index (χ0n) is 18.0. The van der Waals surface area contributed by atoms with Crippen LogP contribution in [0.4, 0.5) is 19.0 Å². The molecule has 2 aromatic heterocycles. The van der Waals surface area contributed by atoms with E-state index in [1.807, 2.05) is 0 Å². The van der Waals surface area contributed by atoms with Crippen LogP contribution in [0.3, 0.4) is 0 Å². The van der Waals surface area contributed by atoms with Gasteiger partial charge in [0, 0.05) is 43.8 Å². The van der Waals surface area contributed by atoms with E-state index in [0.29, 0.717) is 10.9 Å². The molecule has 2 N–H and O–H groups in total. The minimum Gasteiger partial charge on any atom is -0.361 e. The van der Waals surface area contributed by atoms with E-state index >= 15 is 0 Å². The molecular formula is C22H29F3N6O. The average molecular weight is 451 g/mol. The highest BCUT2D eigenvalue weighted by atomic mass is 19.4. The number of piperidine rings is 1. The SMILES string of the molecule is O=C(NC1CCN(CCN2CCCC2)CC1)c1nccc2nc(NCC(F)(F)F)ccc12. The molecule has 0 saturated carbocycles. The first-order valence-electron chi connectivity index (χ1n) is 11.2. The number of nitrogens with one attached hydrogen (secondary N) is 2. The number of hydrogen-bond donors (Lipinski definition) is 2. The normalized spacial score (nSPS) is 18.8. The number of anilines is 1. The average Bonchev–Trinajstić information content (AvgIpc) is 3.30. The maximum absolute atomic E-state index is 12.9. The molecule has 4 rings (SSSR count). The minimum atomic E-state index is -4.33. The molecule has 2 aromatic rings. The van der Waals surface area contributed by atoms with Gasteiger partial charge in [0.2, 0.25) is 0 Å². The smallest absolute Gasteiger partial charge is 0.361 e. The number of rotatable bonds is 7. The summed E-state index contributed by atoms with van der Waals surface area (Å²) < 4.78 is 37.3. The molecule has 4 heterocycles. The Balaban J connectivity index is 1.31. The Labute approximate surface area is 185 Å². The molecule has 10 heteroatoms. The molecule has 0 atom stereocenters. The van der Waals surface area contributed by atoms with E-state index < -0.39 is 12.7 Å². The van der Waals surface area contributed by atoms with Crippen LogP contribution in [0.5, 0.6) is 0 Å². The van der Waals surface area contributed by atoms with Gasteiger partial charge in [-0.05, 0) is 57.0 Å². The number of fused-ring (bicyclic) bond motifs is 1. The van der Waals surface area contributed by atoms with Crippen molar-refractivity contribution in [3.05, 3.63) is 30.1 Å². The number of amides is 1. The first-order chi connectivity index (χ1) is 15.4. The molecule has 2 aliphatic heterocycles. The third-order valence-corrected chi connectivity index (χ3v) is 6.15. The van der Waals surface area contributed by atoms with Crippen molar-refractivity contribution < 1.29 is 18.0 Å². The van der Waals surface area contributed by atoms with Gasteiger partial charge in [-0.3, -0.25) is 9.78 Å². The van der Waals surface area contributed by atoms with Gasteiger partial charge in [-0.1, -0.05) is 0 Å². The fourth-order valence-electron chi connectivity index (χ4n) is 4.37. The van der Waals surface area contributed by atoms with Gasteiger partial charge in [0.1, 0.15) is 18.1 Å². The van der Waals surface area contributed by atoms with E-state index in [-0.39, 0.29) is 23.5 Å². The van der Waals surface area contributed by atoms with Crippen LogP contribution in [0, 0.1) is 0 Å². The fourth-order valence-corrected chi connectivity index (χ4v) is 4.37. The molecule has 2 aliphatic rings. The lowest BCUT2D eigenvalue weighted by atomic mass is 10.0. The molecule has 2 saturated heterocycles. The molecule has 0 aromatic carbocycles. The molecule has 0 unspecified atom stereocenters. The Morgan fingerprint density at radius 3 is 2.41 bits per heavy atom. The number of alkyl halides is 3. The van der Waals surface area contributed by atoms with Crippen molar-refractivity contribution in [3.63, 3.8) is 0 Å². The third kappa shape index (κ3) is 6.07. The molecule has 1 amide bonds. The summed E-state index contributed by atoms with van der Waals surface area (Å²) in [4.78, 5) is 26.2. The number of halogens is 3. The predicted molar refractivity (Wildman–Crippen MR) is 117 cm³/mol. The zero-order chi connectivity index (χ0) is 22.6. The Hall–Kier alpha value is -2.46. The zero-order valence-corrected chi connectivity index (χ0v) is 18.0. The van der Waals surface area contributed by atoms with Crippen molar-refractivity contribution in [2.45, 2.75) is 37.9 Å². The quantitative estimate of drug-likeness (QED) is 0.676.